The van der Waals surface area contributed by atoms with E-state index in [0.29, 0.717) is 19.6 Å². The normalized spacial score (nSPS) is 25.6. The largest absolute Gasteiger partial charge is 0.481 e. The molecule has 1 aliphatic heterocycles. The average Bonchev–Trinajstić information content (AvgIpc) is 2.40. The molecule has 4 heteroatoms. The Labute approximate surface area is 107 Å². The molecule has 3 atom stereocenters. The zero-order chi connectivity index (χ0) is 13.0. The van der Waals surface area contributed by atoms with E-state index in [9.17, 15) is 9.90 Å². The topological polar surface area (TPSA) is 58.6 Å². The molecule has 0 radical (unpaired) electrons. The summed E-state index contributed by atoms with van der Waals surface area (Å²) in [6, 6.07) is 10.0. The summed E-state index contributed by atoms with van der Waals surface area (Å²) in [4.78, 5) is 11.2. The van der Waals surface area contributed by atoms with Gasteiger partial charge in [0.05, 0.1) is 12.5 Å². The molecule has 0 bridgehead atoms. The van der Waals surface area contributed by atoms with E-state index < -0.39 is 5.97 Å². The van der Waals surface area contributed by atoms with Crippen LogP contribution in [-0.4, -0.2) is 30.3 Å². The number of carboxylic acids is 1. The molecule has 0 aliphatic carbocycles. The van der Waals surface area contributed by atoms with Crippen molar-refractivity contribution in [3.63, 3.8) is 0 Å². The van der Waals surface area contributed by atoms with Crippen LogP contribution in [0.5, 0.6) is 0 Å². The van der Waals surface area contributed by atoms with Gasteiger partial charge in [-0.05, 0) is 18.9 Å². The number of ether oxygens (including phenoxy) is 1. The predicted molar refractivity (Wildman–Crippen MR) is 68.3 cm³/mol. The van der Waals surface area contributed by atoms with Crippen LogP contribution in [0.15, 0.2) is 30.3 Å². The Morgan fingerprint density at radius 3 is 2.83 bits per heavy atom. The SMILES string of the molecule is C[C@H](N[C@H]1COCC[C@H]1C(=O)O)c1ccccc1. The first-order valence-corrected chi connectivity index (χ1v) is 6.30. The van der Waals surface area contributed by atoms with E-state index >= 15 is 0 Å². The molecule has 0 spiro atoms. The van der Waals surface area contributed by atoms with Crippen molar-refractivity contribution in [2.75, 3.05) is 13.2 Å². The van der Waals surface area contributed by atoms with Crippen molar-refractivity contribution in [1.82, 2.24) is 5.32 Å². The molecule has 1 heterocycles. The van der Waals surface area contributed by atoms with E-state index in [0.717, 1.165) is 5.56 Å². The van der Waals surface area contributed by atoms with Crippen molar-refractivity contribution in [2.24, 2.45) is 5.92 Å². The minimum absolute atomic E-state index is 0.119. The van der Waals surface area contributed by atoms with Crippen LogP contribution in [0.3, 0.4) is 0 Å². The Morgan fingerprint density at radius 1 is 1.44 bits per heavy atom. The van der Waals surface area contributed by atoms with Gasteiger partial charge in [0.15, 0.2) is 0 Å². The summed E-state index contributed by atoms with van der Waals surface area (Å²) in [7, 11) is 0. The highest BCUT2D eigenvalue weighted by atomic mass is 16.5. The molecule has 1 aliphatic rings. The first-order chi connectivity index (χ1) is 8.68. The van der Waals surface area contributed by atoms with Crippen molar-refractivity contribution in [2.45, 2.75) is 25.4 Å². The van der Waals surface area contributed by atoms with Gasteiger partial charge in [-0.1, -0.05) is 30.3 Å². The lowest BCUT2D eigenvalue weighted by Crippen LogP contribution is -2.47. The van der Waals surface area contributed by atoms with Crippen molar-refractivity contribution in [1.29, 1.82) is 0 Å². The Bertz CT molecular complexity index is 393. The summed E-state index contributed by atoms with van der Waals surface area (Å²) in [6.45, 7) is 3.05. The number of rotatable bonds is 4. The molecule has 1 fully saturated rings. The van der Waals surface area contributed by atoms with Gasteiger partial charge >= 0.3 is 5.97 Å². The molecule has 4 nitrogen and oxygen atoms in total. The highest BCUT2D eigenvalue weighted by Gasteiger charge is 2.32. The molecule has 1 aromatic rings. The predicted octanol–water partition coefficient (Wildman–Crippen LogP) is 1.83. The number of hydrogen-bond donors (Lipinski definition) is 2. The van der Waals surface area contributed by atoms with E-state index in [-0.39, 0.29) is 18.0 Å². The molecule has 98 valence electrons. The molecule has 18 heavy (non-hydrogen) atoms. The Morgan fingerprint density at radius 2 is 2.17 bits per heavy atom. The quantitative estimate of drug-likeness (QED) is 0.854. The summed E-state index contributed by atoms with van der Waals surface area (Å²) in [5.41, 5.74) is 1.16. The van der Waals surface area contributed by atoms with Crippen LogP contribution < -0.4 is 5.32 Å². The zero-order valence-electron chi connectivity index (χ0n) is 10.5. The van der Waals surface area contributed by atoms with Gasteiger partial charge in [0.2, 0.25) is 0 Å². The molecule has 2 N–H and O–H groups in total. The fourth-order valence-corrected chi connectivity index (χ4v) is 2.36. The van der Waals surface area contributed by atoms with Crippen LogP contribution in [0.2, 0.25) is 0 Å². The fourth-order valence-electron chi connectivity index (χ4n) is 2.36. The molecule has 0 saturated carbocycles. The van der Waals surface area contributed by atoms with Crippen molar-refractivity contribution in [3.8, 4) is 0 Å². The molecular formula is C14H19NO3. The van der Waals surface area contributed by atoms with Crippen LogP contribution in [-0.2, 0) is 9.53 Å². The van der Waals surface area contributed by atoms with Gasteiger partial charge in [-0.2, -0.15) is 0 Å². The Kier molecular flexibility index (Phi) is 4.33. The third kappa shape index (κ3) is 3.09. The molecule has 0 amide bonds. The van der Waals surface area contributed by atoms with E-state index in [1.54, 1.807) is 0 Å². The molecule has 1 saturated heterocycles. The highest BCUT2D eigenvalue weighted by Crippen LogP contribution is 2.20. The van der Waals surface area contributed by atoms with Crippen LogP contribution in [0.4, 0.5) is 0 Å². The maximum Gasteiger partial charge on any atom is 0.308 e. The third-order valence-electron chi connectivity index (χ3n) is 3.44. The Hall–Kier alpha value is -1.39. The van der Waals surface area contributed by atoms with Crippen molar-refractivity contribution in [3.05, 3.63) is 35.9 Å². The van der Waals surface area contributed by atoms with Gasteiger partial charge in [0.1, 0.15) is 0 Å². The van der Waals surface area contributed by atoms with Gasteiger partial charge in [-0.3, -0.25) is 4.79 Å². The van der Waals surface area contributed by atoms with Crippen LogP contribution >= 0.6 is 0 Å². The number of aliphatic carboxylic acids is 1. The average molecular weight is 249 g/mol. The van der Waals surface area contributed by atoms with Crippen LogP contribution in [0.1, 0.15) is 24.9 Å². The lowest BCUT2D eigenvalue weighted by atomic mass is 9.93. The lowest BCUT2D eigenvalue weighted by molar-refractivity contribution is -0.146. The van der Waals surface area contributed by atoms with Gasteiger partial charge in [0.25, 0.3) is 0 Å². The number of carbonyl (C=O) groups is 1. The number of benzene rings is 1. The summed E-state index contributed by atoms with van der Waals surface area (Å²) >= 11 is 0. The summed E-state index contributed by atoms with van der Waals surface area (Å²) in [5, 5.41) is 12.6. The summed E-state index contributed by atoms with van der Waals surface area (Å²) in [5.74, 6) is -1.10. The molecule has 0 unspecified atom stereocenters. The van der Waals surface area contributed by atoms with E-state index in [4.69, 9.17) is 4.74 Å². The summed E-state index contributed by atoms with van der Waals surface area (Å²) < 4.78 is 5.37. The number of carboxylic acid groups (broad SMARTS) is 1. The Balaban J connectivity index is 2.01. The minimum Gasteiger partial charge on any atom is -0.481 e. The minimum atomic E-state index is -0.740. The smallest absolute Gasteiger partial charge is 0.308 e. The maximum atomic E-state index is 11.2. The monoisotopic (exact) mass is 249 g/mol. The van der Waals surface area contributed by atoms with E-state index in [1.807, 2.05) is 37.3 Å². The molecule has 0 aromatic heterocycles. The second-order valence-corrected chi connectivity index (χ2v) is 4.71. The van der Waals surface area contributed by atoms with E-state index in [1.165, 1.54) is 0 Å². The summed E-state index contributed by atoms with van der Waals surface area (Å²) in [6.07, 6.45) is 0.578. The van der Waals surface area contributed by atoms with Crippen LogP contribution in [0.25, 0.3) is 0 Å². The standard InChI is InChI=1S/C14H19NO3/c1-10(11-5-3-2-4-6-11)15-13-9-18-8-7-12(13)14(16)17/h2-6,10,12-13,15H,7-9H2,1H3,(H,16,17)/t10-,12+,13-/m0/s1. The lowest BCUT2D eigenvalue weighted by Gasteiger charge is -2.32. The third-order valence-corrected chi connectivity index (χ3v) is 3.44. The van der Waals surface area contributed by atoms with Gasteiger partial charge < -0.3 is 15.2 Å². The first kappa shape index (κ1) is 13.1. The zero-order valence-corrected chi connectivity index (χ0v) is 10.5. The molecule has 2 rings (SSSR count). The second kappa shape index (κ2) is 5.98. The number of nitrogens with one attached hydrogen (secondary N) is 1. The fraction of sp³-hybridized carbons (Fsp3) is 0.500. The van der Waals surface area contributed by atoms with Crippen LogP contribution in [0, 0.1) is 5.92 Å². The van der Waals surface area contributed by atoms with Gasteiger partial charge in [-0.15, -0.1) is 0 Å². The molecule has 1 aromatic carbocycles. The van der Waals surface area contributed by atoms with Gasteiger partial charge in [-0.25, -0.2) is 0 Å². The van der Waals surface area contributed by atoms with Crippen molar-refractivity contribution < 1.29 is 14.6 Å². The van der Waals surface area contributed by atoms with Crippen molar-refractivity contribution >= 4 is 5.97 Å². The highest BCUT2D eigenvalue weighted by molar-refractivity contribution is 5.71. The number of hydrogen-bond acceptors (Lipinski definition) is 3. The second-order valence-electron chi connectivity index (χ2n) is 4.71. The molecular weight excluding hydrogens is 230 g/mol. The first-order valence-electron chi connectivity index (χ1n) is 6.30. The van der Waals surface area contributed by atoms with Gasteiger partial charge in [0, 0.05) is 18.7 Å². The van der Waals surface area contributed by atoms with E-state index in [2.05, 4.69) is 5.32 Å². The maximum absolute atomic E-state index is 11.2.